The molecular weight excluding hydrogens is 252 g/mol. The number of hydrogen-bond donors (Lipinski definition) is 1. The van der Waals surface area contributed by atoms with E-state index < -0.39 is 0 Å². The molecule has 1 heterocycles. The van der Waals surface area contributed by atoms with Gasteiger partial charge in [0, 0.05) is 14.1 Å². The van der Waals surface area contributed by atoms with Gasteiger partial charge in [-0.25, -0.2) is 0 Å². The van der Waals surface area contributed by atoms with Crippen LogP contribution in [0.1, 0.15) is 31.2 Å². The number of carbonyl (C=O) groups is 1. The lowest BCUT2D eigenvalue weighted by Gasteiger charge is -2.31. The lowest BCUT2D eigenvalue weighted by atomic mass is 9.86. The molecule has 2 rings (SSSR count). The lowest BCUT2D eigenvalue weighted by molar-refractivity contribution is -0.131. The predicted octanol–water partition coefficient (Wildman–Crippen LogP) is 2.01. The number of nitrogens with zero attached hydrogens (tertiary/aromatic N) is 1. The van der Waals surface area contributed by atoms with E-state index in [1.54, 1.807) is 4.90 Å². The summed E-state index contributed by atoms with van der Waals surface area (Å²) in [6.07, 6.45) is 1.94. The monoisotopic (exact) mass is 276 g/mol. The standard InChI is InChI=1S/C16H24N2O2/c1-4-20-14-7-5-12(6-8-14)13-9-10-17-15(11-13)16(19)18(2)3/h5-8,13,15,17H,4,9-11H2,1-3H3. The Bertz CT molecular complexity index is 442. The van der Waals surface area contributed by atoms with Gasteiger partial charge in [0.05, 0.1) is 12.6 Å². The van der Waals surface area contributed by atoms with Crippen LogP contribution in [0.5, 0.6) is 5.75 Å². The van der Waals surface area contributed by atoms with Gasteiger partial charge in [-0.3, -0.25) is 4.79 Å². The Balaban J connectivity index is 2.03. The molecule has 0 saturated carbocycles. The Kier molecular flexibility index (Phi) is 5.01. The van der Waals surface area contributed by atoms with Gasteiger partial charge in [-0.15, -0.1) is 0 Å². The molecule has 0 aliphatic carbocycles. The largest absolute Gasteiger partial charge is 0.494 e. The second-order valence-electron chi connectivity index (χ2n) is 5.46. The van der Waals surface area contributed by atoms with Crippen molar-refractivity contribution in [2.24, 2.45) is 0 Å². The lowest BCUT2D eigenvalue weighted by Crippen LogP contribution is -2.47. The van der Waals surface area contributed by atoms with Gasteiger partial charge >= 0.3 is 0 Å². The molecule has 2 atom stereocenters. The second-order valence-corrected chi connectivity index (χ2v) is 5.46. The Labute approximate surface area is 121 Å². The van der Waals surface area contributed by atoms with Crippen molar-refractivity contribution in [2.45, 2.75) is 31.7 Å². The van der Waals surface area contributed by atoms with Crippen LogP contribution >= 0.6 is 0 Å². The molecule has 1 N–H and O–H groups in total. The van der Waals surface area contributed by atoms with Crippen molar-refractivity contribution in [2.75, 3.05) is 27.2 Å². The van der Waals surface area contributed by atoms with Crippen LogP contribution in [-0.2, 0) is 4.79 Å². The van der Waals surface area contributed by atoms with Gasteiger partial charge in [0.15, 0.2) is 0 Å². The van der Waals surface area contributed by atoms with Crippen molar-refractivity contribution < 1.29 is 9.53 Å². The molecule has 4 nitrogen and oxygen atoms in total. The molecule has 1 fully saturated rings. The van der Waals surface area contributed by atoms with E-state index in [1.807, 2.05) is 33.2 Å². The minimum Gasteiger partial charge on any atom is -0.494 e. The van der Waals surface area contributed by atoms with Crippen molar-refractivity contribution in [1.29, 1.82) is 0 Å². The number of ether oxygens (including phenoxy) is 1. The van der Waals surface area contributed by atoms with Gasteiger partial charge < -0.3 is 15.0 Å². The van der Waals surface area contributed by atoms with Gasteiger partial charge in [0.25, 0.3) is 0 Å². The summed E-state index contributed by atoms with van der Waals surface area (Å²) >= 11 is 0. The van der Waals surface area contributed by atoms with Crippen LogP contribution in [0.4, 0.5) is 0 Å². The number of amides is 1. The van der Waals surface area contributed by atoms with E-state index in [2.05, 4.69) is 17.4 Å². The van der Waals surface area contributed by atoms with Crippen molar-refractivity contribution in [3.05, 3.63) is 29.8 Å². The minimum absolute atomic E-state index is 0.0599. The highest BCUT2D eigenvalue weighted by Gasteiger charge is 2.28. The normalized spacial score (nSPS) is 22.4. The average Bonchev–Trinajstić information content (AvgIpc) is 2.47. The van der Waals surface area contributed by atoms with E-state index in [9.17, 15) is 4.79 Å². The molecule has 4 heteroatoms. The summed E-state index contributed by atoms with van der Waals surface area (Å²) in [6, 6.07) is 8.22. The Hall–Kier alpha value is -1.55. The Morgan fingerprint density at radius 2 is 2.05 bits per heavy atom. The smallest absolute Gasteiger partial charge is 0.239 e. The van der Waals surface area contributed by atoms with Crippen LogP contribution in [0, 0.1) is 0 Å². The van der Waals surface area contributed by atoms with Crippen LogP contribution in [0.25, 0.3) is 0 Å². The highest BCUT2D eigenvalue weighted by molar-refractivity contribution is 5.81. The molecule has 0 bridgehead atoms. The number of likely N-dealkylation sites (N-methyl/N-ethyl adjacent to an activating group) is 1. The van der Waals surface area contributed by atoms with Crippen LogP contribution < -0.4 is 10.1 Å². The van der Waals surface area contributed by atoms with Crippen LogP contribution in [-0.4, -0.2) is 44.1 Å². The van der Waals surface area contributed by atoms with Crippen molar-refractivity contribution in [1.82, 2.24) is 10.2 Å². The fourth-order valence-electron chi connectivity index (χ4n) is 2.72. The summed E-state index contributed by atoms with van der Waals surface area (Å²) in [4.78, 5) is 13.7. The number of hydrogen-bond acceptors (Lipinski definition) is 3. The molecule has 2 unspecified atom stereocenters. The molecule has 0 spiro atoms. The summed E-state index contributed by atoms with van der Waals surface area (Å²) in [5.74, 6) is 1.52. The van der Waals surface area contributed by atoms with E-state index in [1.165, 1.54) is 5.56 Å². The van der Waals surface area contributed by atoms with Gasteiger partial charge in [-0.1, -0.05) is 12.1 Å². The Morgan fingerprint density at radius 3 is 2.65 bits per heavy atom. The highest BCUT2D eigenvalue weighted by Crippen LogP contribution is 2.29. The first-order chi connectivity index (χ1) is 9.61. The highest BCUT2D eigenvalue weighted by atomic mass is 16.5. The third-order valence-corrected chi connectivity index (χ3v) is 3.81. The first-order valence-corrected chi connectivity index (χ1v) is 7.29. The predicted molar refractivity (Wildman–Crippen MR) is 80.1 cm³/mol. The summed E-state index contributed by atoms with van der Waals surface area (Å²) in [6.45, 7) is 3.56. The second kappa shape index (κ2) is 6.75. The molecule has 1 amide bonds. The first-order valence-electron chi connectivity index (χ1n) is 7.29. The molecule has 0 aromatic heterocycles. The number of carbonyl (C=O) groups excluding carboxylic acids is 1. The molecule has 1 aromatic rings. The molecule has 1 saturated heterocycles. The topological polar surface area (TPSA) is 41.6 Å². The first kappa shape index (κ1) is 14.9. The number of nitrogens with one attached hydrogen (secondary N) is 1. The van der Waals surface area contributed by atoms with Gasteiger partial charge in [0.1, 0.15) is 5.75 Å². The molecular formula is C16H24N2O2. The fourth-order valence-corrected chi connectivity index (χ4v) is 2.72. The number of piperidine rings is 1. The van der Waals surface area contributed by atoms with Crippen molar-refractivity contribution in [3.8, 4) is 5.75 Å². The summed E-state index contributed by atoms with van der Waals surface area (Å²) < 4.78 is 5.47. The summed E-state index contributed by atoms with van der Waals surface area (Å²) in [5, 5.41) is 3.32. The molecule has 110 valence electrons. The van der Waals surface area contributed by atoms with E-state index in [0.29, 0.717) is 12.5 Å². The van der Waals surface area contributed by atoms with Crippen LogP contribution in [0.15, 0.2) is 24.3 Å². The number of benzene rings is 1. The Morgan fingerprint density at radius 1 is 1.35 bits per heavy atom. The molecule has 1 aromatic carbocycles. The minimum atomic E-state index is -0.0599. The molecule has 0 radical (unpaired) electrons. The third-order valence-electron chi connectivity index (χ3n) is 3.81. The van der Waals surface area contributed by atoms with Crippen molar-refractivity contribution >= 4 is 5.91 Å². The third kappa shape index (κ3) is 3.51. The SMILES string of the molecule is CCOc1ccc(C2CCNC(C(=O)N(C)C)C2)cc1. The quantitative estimate of drug-likeness (QED) is 0.914. The van der Waals surface area contributed by atoms with Gasteiger partial charge in [-0.05, 0) is 49.9 Å². The van der Waals surface area contributed by atoms with Crippen LogP contribution in [0.3, 0.4) is 0 Å². The maximum Gasteiger partial charge on any atom is 0.239 e. The number of rotatable bonds is 4. The van der Waals surface area contributed by atoms with E-state index in [0.717, 1.165) is 25.1 Å². The van der Waals surface area contributed by atoms with Gasteiger partial charge in [-0.2, -0.15) is 0 Å². The molecule has 1 aliphatic heterocycles. The zero-order chi connectivity index (χ0) is 14.5. The van der Waals surface area contributed by atoms with E-state index in [4.69, 9.17) is 4.74 Å². The maximum absolute atomic E-state index is 12.1. The van der Waals surface area contributed by atoms with Gasteiger partial charge in [0.2, 0.25) is 5.91 Å². The fraction of sp³-hybridized carbons (Fsp3) is 0.562. The molecule has 1 aliphatic rings. The zero-order valence-corrected chi connectivity index (χ0v) is 12.6. The van der Waals surface area contributed by atoms with Crippen LogP contribution in [0.2, 0.25) is 0 Å². The zero-order valence-electron chi connectivity index (χ0n) is 12.6. The van der Waals surface area contributed by atoms with E-state index >= 15 is 0 Å². The summed E-state index contributed by atoms with van der Waals surface area (Å²) in [7, 11) is 3.62. The molecule has 20 heavy (non-hydrogen) atoms. The average molecular weight is 276 g/mol. The summed E-state index contributed by atoms with van der Waals surface area (Å²) in [5.41, 5.74) is 1.30. The van der Waals surface area contributed by atoms with E-state index in [-0.39, 0.29) is 11.9 Å². The van der Waals surface area contributed by atoms with Crippen molar-refractivity contribution in [3.63, 3.8) is 0 Å². The maximum atomic E-state index is 12.1.